The van der Waals surface area contributed by atoms with Gasteiger partial charge in [-0.3, -0.25) is 14.9 Å². The predicted molar refractivity (Wildman–Crippen MR) is 86.2 cm³/mol. The van der Waals surface area contributed by atoms with Gasteiger partial charge >= 0.3 is 0 Å². The molecule has 2 aromatic rings. The van der Waals surface area contributed by atoms with Gasteiger partial charge in [-0.1, -0.05) is 41.4 Å². The molecule has 6 heteroatoms. The van der Waals surface area contributed by atoms with Crippen LogP contribution in [0.4, 0.5) is 11.4 Å². The van der Waals surface area contributed by atoms with E-state index in [1.807, 2.05) is 31.2 Å². The molecule has 2 aromatic carbocycles. The second-order valence-corrected chi connectivity index (χ2v) is 5.36. The predicted octanol–water partition coefficient (Wildman–Crippen LogP) is 4.13. The van der Waals surface area contributed by atoms with Crippen LogP contribution in [-0.2, 0) is 11.2 Å². The molecule has 0 aromatic heterocycles. The number of nitro benzene ring substituents is 1. The molecule has 0 heterocycles. The third-order valence-corrected chi connectivity index (χ3v) is 3.51. The molecule has 5 nitrogen and oxygen atoms in total. The molecule has 0 bridgehead atoms. The number of non-ortho nitro benzene ring substituents is 1. The summed E-state index contributed by atoms with van der Waals surface area (Å²) >= 11 is 5.93. The summed E-state index contributed by atoms with van der Waals surface area (Å²) in [5.41, 5.74) is 2.52. The SMILES string of the molecule is Cc1ccc(CCC(=O)Nc2ccc([N+](=O)[O-])cc2Cl)cc1. The van der Waals surface area contributed by atoms with Crippen LogP contribution in [0, 0.1) is 17.0 Å². The van der Waals surface area contributed by atoms with Gasteiger partial charge in [0.15, 0.2) is 0 Å². The number of anilines is 1. The Morgan fingerprint density at radius 3 is 2.50 bits per heavy atom. The molecule has 0 aliphatic heterocycles. The first-order chi connectivity index (χ1) is 10.5. The minimum atomic E-state index is -0.533. The Kier molecular flexibility index (Phi) is 5.12. The first-order valence-electron chi connectivity index (χ1n) is 6.75. The number of amides is 1. The van der Waals surface area contributed by atoms with Gasteiger partial charge in [0.1, 0.15) is 0 Å². The molecule has 0 radical (unpaired) electrons. The normalized spacial score (nSPS) is 10.3. The van der Waals surface area contributed by atoms with Crippen LogP contribution in [0.15, 0.2) is 42.5 Å². The standard InChI is InChI=1S/C16H15ClN2O3/c1-11-2-4-12(5-3-11)6-9-16(20)18-15-8-7-13(19(21)22)10-14(15)17/h2-5,7-8,10H,6,9H2,1H3,(H,18,20). The highest BCUT2D eigenvalue weighted by Gasteiger charge is 2.11. The Hall–Kier alpha value is -2.40. The minimum absolute atomic E-state index is 0.109. The summed E-state index contributed by atoms with van der Waals surface area (Å²) in [5.74, 6) is -0.184. The van der Waals surface area contributed by atoms with Crippen LogP contribution in [0.3, 0.4) is 0 Å². The van der Waals surface area contributed by atoms with Gasteiger partial charge in [-0.25, -0.2) is 0 Å². The fraction of sp³-hybridized carbons (Fsp3) is 0.188. The van der Waals surface area contributed by atoms with Crippen molar-refractivity contribution in [3.05, 3.63) is 68.7 Å². The van der Waals surface area contributed by atoms with Crippen LogP contribution in [0.5, 0.6) is 0 Å². The summed E-state index contributed by atoms with van der Waals surface area (Å²) in [6.07, 6.45) is 0.938. The van der Waals surface area contributed by atoms with Crippen molar-refractivity contribution in [3.8, 4) is 0 Å². The van der Waals surface area contributed by atoms with Crippen LogP contribution in [0.1, 0.15) is 17.5 Å². The van der Waals surface area contributed by atoms with Crippen molar-refractivity contribution in [1.82, 2.24) is 0 Å². The third kappa shape index (κ3) is 4.30. The van der Waals surface area contributed by atoms with Gasteiger partial charge in [-0.05, 0) is 25.0 Å². The van der Waals surface area contributed by atoms with E-state index in [0.717, 1.165) is 5.56 Å². The first kappa shape index (κ1) is 16.0. The van der Waals surface area contributed by atoms with Gasteiger partial charge in [0.05, 0.1) is 15.6 Å². The molecule has 2 rings (SSSR count). The van der Waals surface area contributed by atoms with E-state index in [2.05, 4.69) is 5.32 Å². The lowest BCUT2D eigenvalue weighted by atomic mass is 10.1. The van der Waals surface area contributed by atoms with Gasteiger partial charge in [0.2, 0.25) is 5.91 Å². The monoisotopic (exact) mass is 318 g/mol. The van der Waals surface area contributed by atoms with Crippen molar-refractivity contribution < 1.29 is 9.72 Å². The van der Waals surface area contributed by atoms with Crippen molar-refractivity contribution in [2.45, 2.75) is 19.8 Å². The fourth-order valence-electron chi connectivity index (χ4n) is 1.94. The molecular formula is C16H15ClN2O3. The molecule has 22 heavy (non-hydrogen) atoms. The number of carbonyl (C=O) groups excluding carboxylic acids is 1. The first-order valence-corrected chi connectivity index (χ1v) is 7.13. The molecule has 1 amide bonds. The fourth-order valence-corrected chi connectivity index (χ4v) is 2.17. The van der Waals surface area contributed by atoms with E-state index in [1.54, 1.807) is 0 Å². The Balaban J connectivity index is 1.94. The van der Waals surface area contributed by atoms with Crippen LogP contribution < -0.4 is 5.32 Å². The lowest BCUT2D eigenvalue weighted by Crippen LogP contribution is -2.12. The number of hydrogen-bond donors (Lipinski definition) is 1. The number of aryl methyl sites for hydroxylation is 2. The van der Waals surface area contributed by atoms with Crippen LogP contribution >= 0.6 is 11.6 Å². The number of nitrogens with one attached hydrogen (secondary N) is 1. The molecule has 0 saturated carbocycles. The Morgan fingerprint density at radius 2 is 1.91 bits per heavy atom. The minimum Gasteiger partial charge on any atom is -0.325 e. The lowest BCUT2D eigenvalue weighted by Gasteiger charge is -2.07. The van der Waals surface area contributed by atoms with E-state index in [9.17, 15) is 14.9 Å². The van der Waals surface area contributed by atoms with Crippen molar-refractivity contribution in [3.63, 3.8) is 0 Å². The maximum absolute atomic E-state index is 11.9. The molecule has 0 aliphatic rings. The zero-order valence-corrected chi connectivity index (χ0v) is 12.8. The number of rotatable bonds is 5. The molecule has 0 saturated heterocycles. The zero-order valence-electron chi connectivity index (χ0n) is 12.0. The highest BCUT2D eigenvalue weighted by molar-refractivity contribution is 6.33. The lowest BCUT2D eigenvalue weighted by molar-refractivity contribution is -0.384. The van der Waals surface area contributed by atoms with E-state index in [0.29, 0.717) is 18.5 Å². The highest BCUT2D eigenvalue weighted by atomic mass is 35.5. The molecule has 1 N–H and O–H groups in total. The van der Waals surface area contributed by atoms with E-state index in [4.69, 9.17) is 11.6 Å². The van der Waals surface area contributed by atoms with Crippen LogP contribution in [-0.4, -0.2) is 10.8 Å². The van der Waals surface area contributed by atoms with Crippen molar-refractivity contribution in [2.24, 2.45) is 0 Å². The zero-order chi connectivity index (χ0) is 16.1. The quantitative estimate of drug-likeness (QED) is 0.665. The summed E-state index contributed by atoms with van der Waals surface area (Å²) in [6.45, 7) is 2.01. The molecule has 0 atom stereocenters. The number of nitro groups is 1. The van der Waals surface area contributed by atoms with Gasteiger partial charge in [-0.15, -0.1) is 0 Å². The largest absolute Gasteiger partial charge is 0.325 e. The summed E-state index contributed by atoms with van der Waals surface area (Å²) < 4.78 is 0. The second kappa shape index (κ2) is 7.04. The summed E-state index contributed by atoms with van der Waals surface area (Å²) in [5, 5.41) is 13.4. The summed E-state index contributed by atoms with van der Waals surface area (Å²) in [7, 11) is 0. The van der Waals surface area contributed by atoms with Gasteiger partial charge < -0.3 is 5.32 Å². The summed E-state index contributed by atoms with van der Waals surface area (Å²) in [6, 6.07) is 11.9. The molecule has 114 valence electrons. The van der Waals surface area contributed by atoms with E-state index in [1.165, 1.54) is 23.8 Å². The van der Waals surface area contributed by atoms with Crippen molar-refractivity contribution >= 4 is 28.9 Å². The number of hydrogen-bond acceptors (Lipinski definition) is 3. The van der Waals surface area contributed by atoms with Gasteiger partial charge in [0, 0.05) is 18.6 Å². The van der Waals surface area contributed by atoms with E-state index >= 15 is 0 Å². The van der Waals surface area contributed by atoms with Crippen LogP contribution in [0.2, 0.25) is 5.02 Å². The average Bonchev–Trinajstić information content (AvgIpc) is 2.48. The summed E-state index contributed by atoms with van der Waals surface area (Å²) in [4.78, 5) is 22.0. The van der Waals surface area contributed by atoms with Crippen LogP contribution in [0.25, 0.3) is 0 Å². The molecule has 0 aliphatic carbocycles. The number of halogens is 1. The smallest absolute Gasteiger partial charge is 0.271 e. The molecule has 0 unspecified atom stereocenters. The molecule has 0 spiro atoms. The third-order valence-electron chi connectivity index (χ3n) is 3.20. The van der Waals surface area contributed by atoms with Gasteiger partial charge in [0.25, 0.3) is 5.69 Å². The number of benzene rings is 2. The Bertz CT molecular complexity index is 699. The van der Waals surface area contributed by atoms with Crippen molar-refractivity contribution in [2.75, 3.05) is 5.32 Å². The topological polar surface area (TPSA) is 72.2 Å². The number of carbonyl (C=O) groups is 1. The van der Waals surface area contributed by atoms with Gasteiger partial charge in [-0.2, -0.15) is 0 Å². The van der Waals surface area contributed by atoms with Crippen molar-refractivity contribution in [1.29, 1.82) is 0 Å². The van der Waals surface area contributed by atoms with E-state index < -0.39 is 4.92 Å². The maximum atomic E-state index is 11.9. The average molecular weight is 319 g/mol. The second-order valence-electron chi connectivity index (χ2n) is 4.96. The van der Waals surface area contributed by atoms with E-state index in [-0.39, 0.29) is 16.6 Å². The Morgan fingerprint density at radius 1 is 1.23 bits per heavy atom. The highest BCUT2D eigenvalue weighted by Crippen LogP contribution is 2.26. The molecule has 0 fully saturated rings. The number of nitrogens with zero attached hydrogens (tertiary/aromatic N) is 1. The Labute approximate surface area is 133 Å². The maximum Gasteiger partial charge on any atom is 0.271 e. The molecular weight excluding hydrogens is 304 g/mol.